The number of hydrogen-bond donors (Lipinski definition) is 0. The first-order valence-electron chi connectivity index (χ1n) is 6.19. The standard InChI is InChI=1S/C14H19NO2/c1-17-13(12-8-4-2-5-9-12)14(16)15-10-6-3-7-11-15/h2,4-5,8-9,13H,3,6-7,10-11H2,1H3/t13-/m1/s1. The van der Waals surface area contributed by atoms with Gasteiger partial charge in [-0.15, -0.1) is 0 Å². The van der Waals surface area contributed by atoms with E-state index in [0.717, 1.165) is 31.5 Å². The zero-order valence-electron chi connectivity index (χ0n) is 10.3. The lowest BCUT2D eigenvalue weighted by molar-refractivity contribution is -0.143. The van der Waals surface area contributed by atoms with Crippen molar-refractivity contribution in [2.24, 2.45) is 0 Å². The molecule has 1 heterocycles. The summed E-state index contributed by atoms with van der Waals surface area (Å²) in [6.45, 7) is 1.73. The van der Waals surface area contributed by atoms with Crippen molar-refractivity contribution in [2.75, 3.05) is 20.2 Å². The molecule has 2 rings (SSSR count). The fourth-order valence-corrected chi connectivity index (χ4v) is 2.29. The molecule has 92 valence electrons. The van der Waals surface area contributed by atoms with Gasteiger partial charge in [0.2, 0.25) is 0 Å². The summed E-state index contributed by atoms with van der Waals surface area (Å²) in [7, 11) is 1.60. The molecule has 1 aliphatic rings. The maximum absolute atomic E-state index is 12.3. The topological polar surface area (TPSA) is 29.5 Å². The van der Waals surface area contributed by atoms with E-state index in [2.05, 4.69) is 0 Å². The van der Waals surface area contributed by atoms with Crippen LogP contribution < -0.4 is 0 Å². The fourth-order valence-electron chi connectivity index (χ4n) is 2.29. The molecule has 1 atom stereocenters. The first-order valence-corrected chi connectivity index (χ1v) is 6.19. The van der Waals surface area contributed by atoms with Crippen LogP contribution in [-0.4, -0.2) is 31.0 Å². The van der Waals surface area contributed by atoms with Crippen LogP contribution in [0.15, 0.2) is 30.3 Å². The molecule has 17 heavy (non-hydrogen) atoms. The Labute approximate surface area is 102 Å². The molecule has 0 aliphatic carbocycles. The normalized spacial score (nSPS) is 17.8. The Kier molecular flexibility index (Phi) is 4.15. The maximum atomic E-state index is 12.3. The Morgan fingerprint density at radius 3 is 2.41 bits per heavy atom. The number of piperidine rings is 1. The molecule has 1 aliphatic heterocycles. The molecule has 3 nitrogen and oxygen atoms in total. The summed E-state index contributed by atoms with van der Waals surface area (Å²) >= 11 is 0. The SMILES string of the molecule is CO[C@@H](C(=O)N1CCCCC1)c1ccccc1. The minimum atomic E-state index is -0.450. The third-order valence-corrected chi connectivity index (χ3v) is 3.23. The second-order valence-electron chi connectivity index (χ2n) is 4.41. The number of carbonyl (C=O) groups excluding carboxylic acids is 1. The van der Waals surface area contributed by atoms with Crippen molar-refractivity contribution in [1.82, 2.24) is 4.90 Å². The molecule has 0 bridgehead atoms. The smallest absolute Gasteiger partial charge is 0.256 e. The van der Waals surface area contributed by atoms with E-state index >= 15 is 0 Å². The summed E-state index contributed by atoms with van der Waals surface area (Å²) in [6, 6.07) is 9.70. The number of hydrogen-bond acceptors (Lipinski definition) is 2. The van der Waals surface area contributed by atoms with Gasteiger partial charge in [-0.05, 0) is 24.8 Å². The molecule has 1 amide bonds. The molecule has 0 unspecified atom stereocenters. The molecular weight excluding hydrogens is 214 g/mol. The van der Waals surface area contributed by atoms with Gasteiger partial charge in [0.1, 0.15) is 0 Å². The van der Waals surface area contributed by atoms with E-state index in [1.165, 1.54) is 6.42 Å². The molecule has 1 fully saturated rings. The third kappa shape index (κ3) is 2.86. The molecule has 0 radical (unpaired) electrons. The summed E-state index contributed by atoms with van der Waals surface area (Å²) in [6.07, 6.45) is 3.00. The summed E-state index contributed by atoms with van der Waals surface area (Å²) in [4.78, 5) is 14.3. The average Bonchev–Trinajstić information content (AvgIpc) is 2.42. The summed E-state index contributed by atoms with van der Waals surface area (Å²) in [5, 5.41) is 0. The average molecular weight is 233 g/mol. The first-order chi connectivity index (χ1) is 8.33. The van der Waals surface area contributed by atoms with Crippen molar-refractivity contribution in [3.8, 4) is 0 Å². The van der Waals surface area contributed by atoms with Gasteiger partial charge in [0.15, 0.2) is 6.10 Å². The van der Waals surface area contributed by atoms with E-state index in [0.29, 0.717) is 0 Å². The zero-order chi connectivity index (χ0) is 12.1. The molecule has 3 heteroatoms. The van der Waals surface area contributed by atoms with Crippen molar-refractivity contribution >= 4 is 5.91 Å². The molecule has 0 aromatic heterocycles. The van der Waals surface area contributed by atoms with Crippen LogP contribution >= 0.6 is 0 Å². The van der Waals surface area contributed by atoms with Crippen LogP contribution in [0.25, 0.3) is 0 Å². The lowest BCUT2D eigenvalue weighted by Crippen LogP contribution is -2.39. The van der Waals surface area contributed by atoms with Crippen LogP contribution in [0.1, 0.15) is 30.9 Å². The van der Waals surface area contributed by atoms with Gasteiger partial charge in [-0.3, -0.25) is 4.79 Å². The molecule has 1 saturated heterocycles. The minimum absolute atomic E-state index is 0.0957. The Morgan fingerprint density at radius 1 is 1.18 bits per heavy atom. The highest BCUT2D eigenvalue weighted by molar-refractivity contribution is 5.82. The van der Waals surface area contributed by atoms with Crippen molar-refractivity contribution in [1.29, 1.82) is 0 Å². The predicted octanol–water partition coefficient (Wildman–Crippen LogP) is 2.39. The Morgan fingerprint density at radius 2 is 1.82 bits per heavy atom. The van der Waals surface area contributed by atoms with Crippen molar-refractivity contribution in [3.63, 3.8) is 0 Å². The van der Waals surface area contributed by atoms with Gasteiger partial charge >= 0.3 is 0 Å². The van der Waals surface area contributed by atoms with Crippen LogP contribution in [0.3, 0.4) is 0 Å². The Bertz CT molecular complexity index is 358. The molecule has 0 N–H and O–H groups in total. The molecular formula is C14H19NO2. The van der Waals surface area contributed by atoms with Gasteiger partial charge in [0, 0.05) is 20.2 Å². The second kappa shape index (κ2) is 5.82. The van der Waals surface area contributed by atoms with Gasteiger partial charge in [0.25, 0.3) is 5.91 Å². The highest BCUT2D eigenvalue weighted by atomic mass is 16.5. The molecule has 1 aromatic carbocycles. The first kappa shape index (κ1) is 12.1. The number of amides is 1. The van der Waals surface area contributed by atoms with Gasteiger partial charge in [-0.1, -0.05) is 30.3 Å². The van der Waals surface area contributed by atoms with Gasteiger partial charge in [-0.2, -0.15) is 0 Å². The lowest BCUT2D eigenvalue weighted by Gasteiger charge is -2.30. The van der Waals surface area contributed by atoms with E-state index in [1.807, 2.05) is 35.2 Å². The minimum Gasteiger partial charge on any atom is -0.367 e. The molecule has 1 aromatic rings. The van der Waals surface area contributed by atoms with Crippen molar-refractivity contribution in [2.45, 2.75) is 25.4 Å². The summed E-state index contributed by atoms with van der Waals surface area (Å²) < 4.78 is 5.36. The van der Waals surface area contributed by atoms with Crippen LogP contribution in [0.2, 0.25) is 0 Å². The number of carbonyl (C=O) groups is 1. The monoisotopic (exact) mass is 233 g/mol. The van der Waals surface area contributed by atoms with Crippen molar-refractivity contribution in [3.05, 3.63) is 35.9 Å². The van der Waals surface area contributed by atoms with E-state index < -0.39 is 6.10 Å². The molecule has 0 spiro atoms. The lowest BCUT2D eigenvalue weighted by atomic mass is 10.1. The van der Waals surface area contributed by atoms with E-state index in [1.54, 1.807) is 7.11 Å². The van der Waals surface area contributed by atoms with Crippen LogP contribution in [0, 0.1) is 0 Å². The predicted molar refractivity (Wildman–Crippen MR) is 66.6 cm³/mol. The second-order valence-corrected chi connectivity index (χ2v) is 4.41. The number of nitrogens with zero attached hydrogens (tertiary/aromatic N) is 1. The number of ether oxygens (including phenoxy) is 1. The van der Waals surface area contributed by atoms with Crippen LogP contribution in [0.4, 0.5) is 0 Å². The highest BCUT2D eigenvalue weighted by Gasteiger charge is 2.26. The summed E-state index contributed by atoms with van der Waals surface area (Å²) in [5.74, 6) is 0.0957. The Hall–Kier alpha value is -1.35. The highest BCUT2D eigenvalue weighted by Crippen LogP contribution is 2.21. The molecule has 0 saturated carbocycles. The van der Waals surface area contributed by atoms with Crippen molar-refractivity contribution < 1.29 is 9.53 Å². The number of rotatable bonds is 3. The van der Waals surface area contributed by atoms with E-state index in [4.69, 9.17) is 4.74 Å². The maximum Gasteiger partial charge on any atom is 0.256 e. The van der Waals surface area contributed by atoms with Gasteiger partial charge in [0.05, 0.1) is 0 Å². The third-order valence-electron chi connectivity index (χ3n) is 3.23. The zero-order valence-corrected chi connectivity index (χ0v) is 10.3. The van der Waals surface area contributed by atoms with E-state index in [9.17, 15) is 4.79 Å². The quantitative estimate of drug-likeness (QED) is 0.802. The van der Waals surface area contributed by atoms with Crippen LogP contribution in [0.5, 0.6) is 0 Å². The number of likely N-dealkylation sites (tertiary alicyclic amines) is 1. The summed E-state index contributed by atoms with van der Waals surface area (Å²) in [5.41, 5.74) is 0.936. The largest absolute Gasteiger partial charge is 0.367 e. The van der Waals surface area contributed by atoms with Gasteiger partial charge in [-0.25, -0.2) is 0 Å². The van der Waals surface area contributed by atoms with Gasteiger partial charge < -0.3 is 9.64 Å². The number of benzene rings is 1. The van der Waals surface area contributed by atoms with Crippen LogP contribution in [-0.2, 0) is 9.53 Å². The van der Waals surface area contributed by atoms with E-state index in [-0.39, 0.29) is 5.91 Å². The Balaban J connectivity index is 2.10. The fraction of sp³-hybridized carbons (Fsp3) is 0.500. The number of methoxy groups -OCH3 is 1.